The van der Waals surface area contributed by atoms with Crippen LogP contribution in [-0.4, -0.2) is 5.11 Å². The second kappa shape index (κ2) is 6.58. The van der Waals surface area contributed by atoms with E-state index < -0.39 is 0 Å². The van der Waals surface area contributed by atoms with Gasteiger partial charge in [0.15, 0.2) is 0 Å². The van der Waals surface area contributed by atoms with Crippen molar-refractivity contribution in [1.82, 2.24) is 0 Å². The van der Waals surface area contributed by atoms with E-state index in [1.165, 1.54) is 0 Å². The Balaban J connectivity index is 2.42. The van der Waals surface area contributed by atoms with Gasteiger partial charge in [0, 0.05) is 5.56 Å². The predicted octanol–water partition coefficient (Wildman–Crippen LogP) is 5.25. The van der Waals surface area contributed by atoms with Crippen molar-refractivity contribution in [3.8, 4) is 0 Å². The van der Waals surface area contributed by atoms with Crippen molar-refractivity contribution >= 4 is 11.3 Å². The molecular formula is C19H18O. The first-order valence-electron chi connectivity index (χ1n) is 6.55. The smallest absolute Gasteiger partial charge is 0.123 e. The van der Waals surface area contributed by atoms with Crippen LogP contribution in [0.1, 0.15) is 18.1 Å². The molecular weight excluding hydrogens is 244 g/mol. The average Bonchev–Trinajstić information content (AvgIpc) is 2.48. The fourth-order valence-corrected chi connectivity index (χ4v) is 1.94. The minimum Gasteiger partial charge on any atom is -0.507 e. The second-order valence-corrected chi connectivity index (χ2v) is 4.71. The highest BCUT2D eigenvalue weighted by atomic mass is 16.3. The molecule has 0 spiro atoms. The molecule has 1 heteroatoms. The Morgan fingerprint density at radius 2 is 1.35 bits per heavy atom. The van der Waals surface area contributed by atoms with Crippen LogP contribution in [0, 0.1) is 0 Å². The number of aliphatic hydroxyl groups is 1. The van der Waals surface area contributed by atoms with Gasteiger partial charge in [0.2, 0.25) is 0 Å². The molecule has 0 atom stereocenters. The summed E-state index contributed by atoms with van der Waals surface area (Å²) in [4.78, 5) is 0. The zero-order chi connectivity index (χ0) is 14.4. The van der Waals surface area contributed by atoms with Crippen LogP contribution >= 0.6 is 0 Å². The third-order valence-electron chi connectivity index (χ3n) is 2.87. The number of hydrogen-bond donors (Lipinski definition) is 1. The zero-order valence-corrected chi connectivity index (χ0v) is 11.6. The summed E-state index contributed by atoms with van der Waals surface area (Å²) in [7, 11) is 0. The molecule has 0 aromatic heterocycles. The van der Waals surface area contributed by atoms with Gasteiger partial charge in [0.25, 0.3) is 0 Å². The zero-order valence-electron chi connectivity index (χ0n) is 11.6. The molecule has 0 unspecified atom stereocenters. The van der Waals surface area contributed by atoms with Gasteiger partial charge in [-0.05, 0) is 24.1 Å². The molecule has 0 fully saturated rings. The molecule has 0 radical (unpaired) electrons. The van der Waals surface area contributed by atoms with Gasteiger partial charge in [-0.1, -0.05) is 78.9 Å². The van der Waals surface area contributed by atoms with E-state index in [0.29, 0.717) is 0 Å². The predicted molar refractivity (Wildman–Crippen MR) is 86.3 cm³/mol. The Labute approximate surface area is 120 Å². The molecule has 2 aromatic carbocycles. The van der Waals surface area contributed by atoms with Crippen LogP contribution in [0.15, 0.2) is 85.0 Å². The van der Waals surface area contributed by atoms with E-state index in [1.54, 1.807) is 6.08 Å². The Morgan fingerprint density at radius 3 is 1.85 bits per heavy atom. The minimum absolute atomic E-state index is 0.252. The van der Waals surface area contributed by atoms with E-state index in [0.717, 1.165) is 22.3 Å². The van der Waals surface area contributed by atoms with E-state index in [9.17, 15) is 5.11 Å². The summed E-state index contributed by atoms with van der Waals surface area (Å²) in [6.45, 7) is 5.85. The van der Waals surface area contributed by atoms with Gasteiger partial charge in [-0.15, -0.1) is 0 Å². The molecule has 0 heterocycles. The highest BCUT2D eigenvalue weighted by molar-refractivity contribution is 5.82. The molecule has 0 saturated carbocycles. The molecule has 1 N–H and O–H groups in total. The largest absolute Gasteiger partial charge is 0.507 e. The van der Waals surface area contributed by atoms with Crippen LogP contribution in [-0.2, 0) is 0 Å². The summed E-state index contributed by atoms with van der Waals surface area (Å²) in [6, 6.07) is 19.5. The minimum atomic E-state index is 0.252. The Morgan fingerprint density at radius 1 is 0.850 bits per heavy atom. The standard InChI is InChI=1S/C19H18O/c1-15(2)13-18(16-9-5-3-6-10-16)14-19(20)17-11-7-4-8-12-17/h3-14,20H,1H2,2H3/b18-13+,19-14-. The summed E-state index contributed by atoms with van der Waals surface area (Å²) in [5.41, 5.74) is 3.74. The molecule has 20 heavy (non-hydrogen) atoms. The number of allylic oxidation sites excluding steroid dienone is 4. The van der Waals surface area contributed by atoms with E-state index in [-0.39, 0.29) is 5.76 Å². The van der Waals surface area contributed by atoms with Gasteiger partial charge >= 0.3 is 0 Å². The van der Waals surface area contributed by atoms with Crippen molar-refractivity contribution < 1.29 is 5.11 Å². The first-order chi connectivity index (χ1) is 9.66. The molecule has 0 aliphatic carbocycles. The topological polar surface area (TPSA) is 20.2 Å². The Bertz CT molecular complexity index is 634. The number of hydrogen-bond acceptors (Lipinski definition) is 1. The van der Waals surface area contributed by atoms with Gasteiger partial charge < -0.3 is 5.11 Å². The van der Waals surface area contributed by atoms with E-state index >= 15 is 0 Å². The van der Waals surface area contributed by atoms with Gasteiger partial charge in [-0.2, -0.15) is 0 Å². The summed E-state index contributed by atoms with van der Waals surface area (Å²) >= 11 is 0. The third-order valence-corrected chi connectivity index (χ3v) is 2.87. The van der Waals surface area contributed by atoms with Crippen LogP contribution in [0.5, 0.6) is 0 Å². The number of rotatable bonds is 4. The summed E-state index contributed by atoms with van der Waals surface area (Å²) in [5.74, 6) is 0.252. The maximum Gasteiger partial charge on any atom is 0.123 e. The molecule has 1 nitrogen and oxygen atoms in total. The van der Waals surface area contributed by atoms with Crippen LogP contribution < -0.4 is 0 Å². The van der Waals surface area contributed by atoms with Gasteiger partial charge in [0.1, 0.15) is 5.76 Å². The lowest BCUT2D eigenvalue weighted by atomic mass is 10.0. The van der Waals surface area contributed by atoms with E-state index in [1.807, 2.05) is 73.7 Å². The highest BCUT2D eigenvalue weighted by Gasteiger charge is 2.02. The van der Waals surface area contributed by atoms with E-state index in [4.69, 9.17) is 0 Å². The first-order valence-corrected chi connectivity index (χ1v) is 6.55. The summed E-state index contributed by atoms with van der Waals surface area (Å²) < 4.78 is 0. The molecule has 0 aliphatic rings. The van der Waals surface area contributed by atoms with Gasteiger partial charge in [0.05, 0.1) is 0 Å². The van der Waals surface area contributed by atoms with Crippen molar-refractivity contribution in [2.75, 3.05) is 0 Å². The lowest BCUT2D eigenvalue weighted by Gasteiger charge is -2.06. The quantitative estimate of drug-likeness (QED) is 0.589. The molecule has 0 saturated heterocycles. The summed E-state index contributed by atoms with van der Waals surface area (Å²) in [6.07, 6.45) is 3.74. The monoisotopic (exact) mass is 262 g/mol. The molecule has 2 rings (SSSR count). The first kappa shape index (κ1) is 13.9. The Hall–Kier alpha value is -2.54. The maximum atomic E-state index is 10.3. The van der Waals surface area contributed by atoms with Crippen LogP contribution in [0.25, 0.3) is 11.3 Å². The van der Waals surface area contributed by atoms with Crippen LogP contribution in [0.2, 0.25) is 0 Å². The van der Waals surface area contributed by atoms with Crippen LogP contribution in [0.4, 0.5) is 0 Å². The number of benzene rings is 2. The fourth-order valence-electron chi connectivity index (χ4n) is 1.94. The van der Waals surface area contributed by atoms with Gasteiger partial charge in [-0.3, -0.25) is 0 Å². The SMILES string of the molecule is C=C(C)/C=C(\C=C(/O)c1ccccc1)c1ccccc1. The molecule has 100 valence electrons. The van der Waals surface area contributed by atoms with Crippen molar-refractivity contribution in [3.05, 3.63) is 96.1 Å². The maximum absolute atomic E-state index is 10.3. The van der Waals surface area contributed by atoms with Crippen molar-refractivity contribution in [2.45, 2.75) is 6.92 Å². The van der Waals surface area contributed by atoms with Crippen molar-refractivity contribution in [3.63, 3.8) is 0 Å². The second-order valence-electron chi connectivity index (χ2n) is 4.71. The molecule has 2 aromatic rings. The number of aliphatic hydroxyl groups excluding tert-OH is 1. The fraction of sp³-hybridized carbons (Fsp3) is 0.0526. The van der Waals surface area contributed by atoms with E-state index in [2.05, 4.69) is 6.58 Å². The Kier molecular flexibility index (Phi) is 4.56. The van der Waals surface area contributed by atoms with Crippen molar-refractivity contribution in [2.24, 2.45) is 0 Å². The van der Waals surface area contributed by atoms with Crippen LogP contribution in [0.3, 0.4) is 0 Å². The lowest BCUT2D eigenvalue weighted by molar-refractivity contribution is 0.512. The highest BCUT2D eigenvalue weighted by Crippen LogP contribution is 2.22. The molecule has 0 amide bonds. The van der Waals surface area contributed by atoms with Crippen molar-refractivity contribution in [1.29, 1.82) is 0 Å². The third kappa shape index (κ3) is 3.72. The molecule has 0 aliphatic heterocycles. The molecule has 0 bridgehead atoms. The average molecular weight is 262 g/mol. The normalized spacial score (nSPS) is 12.2. The van der Waals surface area contributed by atoms with Gasteiger partial charge in [-0.25, -0.2) is 0 Å². The lowest BCUT2D eigenvalue weighted by Crippen LogP contribution is -1.86. The summed E-state index contributed by atoms with van der Waals surface area (Å²) in [5, 5.41) is 10.3.